The van der Waals surface area contributed by atoms with E-state index in [0.717, 1.165) is 22.6 Å². The van der Waals surface area contributed by atoms with Crippen molar-refractivity contribution >= 4 is 20.7 Å². The number of halogens is 1. The molecule has 0 saturated heterocycles. The molecule has 1 aliphatic rings. The Balaban J connectivity index is 2.21. The molecule has 2 rings (SSSR count). The number of nitrogens with one attached hydrogen (secondary N) is 1. The molecule has 0 fully saturated rings. The lowest BCUT2D eigenvalue weighted by atomic mass is 10.1. The Labute approximate surface area is 102 Å². The van der Waals surface area contributed by atoms with Gasteiger partial charge in [-0.2, -0.15) is 0 Å². The molecule has 86 valence electrons. The van der Waals surface area contributed by atoms with E-state index < -0.39 is 0 Å². The topological polar surface area (TPSA) is 47.6 Å². The standard InChI is InChI=1S/C11H12BrNO3/c1-7-4-9-10(16-3-2-15-9)5-8(7)6-13-11(12)14/h4-5H,2-3,6H2,1H3,(H,13,14). The summed E-state index contributed by atoms with van der Waals surface area (Å²) in [6.45, 7) is 3.62. The number of aryl methyl sites for hydroxylation is 1. The molecule has 16 heavy (non-hydrogen) atoms. The molecular formula is C11H12BrNO3. The summed E-state index contributed by atoms with van der Waals surface area (Å²) in [5, 5.41) is 2.69. The van der Waals surface area contributed by atoms with Gasteiger partial charge in [-0.15, -0.1) is 0 Å². The van der Waals surface area contributed by atoms with Crippen molar-refractivity contribution in [3.63, 3.8) is 0 Å². The van der Waals surface area contributed by atoms with Gasteiger partial charge in [-0.05, 0) is 30.2 Å². The maximum absolute atomic E-state index is 10.8. The predicted octanol–water partition coefficient (Wildman–Crippen LogP) is 2.37. The Bertz CT molecular complexity index is 420. The van der Waals surface area contributed by atoms with Gasteiger partial charge in [-0.1, -0.05) is 0 Å². The van der Waals surface area contributed by atoms with E-state index in [1.807, 2.05) is 19.1 Å². The maximum atomic E-state index is 10.8. The van der Waals surface area contributed by atoms with Crippen LogP contribution in [-0.2, 0) is 6.54 Å². The average molecular weight is 286 g/mol. The van der Waals surface area contributed by atoms with Gasteiger partial charge in [-0.25, -0.2) is 0 Å². The first-order valence-electron chi connectivity index (χ1n) is 4.99. The van der Waals surface area contributed by atoms with Crippen LogP contribution in [-0.4, -0.2) is 18.0 Å². The number of benzene rings is 1. The molecule has 0 aliphatic carbocycles. The molecular weight excluding hydrogens is 274 g/mol. The highest BCUT2D eigenvalue weighted by Gasteiger charge is 2.14. The molecule has 0 aromatic heterocycles. The van der Waals surface area contributed by atoms with Crippen LogP contribution in [0.3, 0.4) is 0 Å². The van der Waals surface area contributed by atoms with E-state index >= 15 is 0 Å². The fourth-order valence-corrected chi connectivity index (χ4v) is 1.73. The maximum Gasteiger partial charge on any atom is 0.287 e. The van der Waals surface area contributed by atoms with Gasteiger partial charge < -0.3 is 14.8 Å². The molecule has 1 heterocycles. The summed E-state index contributed by atoms with van der Waals surface area (Å²) in [6.07, 6.45) is 0. The zero-order valence-electron chi connectivity index (χ0n) is 8.88. The number of amides is 1. The molecule has 0 unspecified atom stereocenters. The highest BCUT2D eigenvalue weighted by atomic mass is 79.9. The van der Waals surface area contributed by atoms with Crippen LogP contribution in [0.5, 0.6) is 11.5 Å². The molecule has 1 aromatic carbocycles. The van der Waals surface area contributed by atoms with E-state index in [9.17, 15) is 4.79 Å². The second-order valence-corrected chi connectivity index (χ2v) is 4.27. The van der Waals surface area contributed by atoms with Crippen molar-refractivity contribution in [1.82, 2.24) is 5.32 Å². The van der Waals surface area contributed by atoms with Gasteiger partial charge in [0.25, 0.3) is 4.82 Å². The molecule has 1 N–H and O–H groups in total. The highest BCUT2D eigenvalue weighted by molar-refractivity contribution is 9.18. The lowest BCUT2D eigenvalue weighted by Crippen LogP contribution is -2.18. The molecule has 0 bridgehead atoms. The fourth-order valence-electron chi connectivity index (χ4n) is 1.59. The first kappa shape index (κ1) is 11.3. The highest BCUT2D eigenvalue weighted by Crippen LogP contribution is 2.32. The molecule has 0 radical (unpaired) electrons. The van der Waals surface area contributed by atoms with Crippen LogP contribution in [0.25, 0.3) is 0 Å². The smallest absolute Gasteiger partial charge is 0.287 e. The Kier molecular flexibility index (Phi) is 3.33. The van der Waals surface area contributed by atoms with Crippen molar-refractivity contribution in [1.29, 1.82) is 0 Å². The third kappa shape index (κ3) is 2.47. The van der Waals surface area contributed by atoms with E-state index in [4.69, 9.17) is 9.47 Å². The van der Waals surface area contributed by atoms with Crippen LogP contribution in [0.4, 0.5) is 4.79 Å². The minimum atomic E-state index is -0.221. The van der Waals surface area contributed by atoms with Gasteiger partial charge in [0.05, 0.1) is 0 Å². The van der Waals surface area contributed by atoms with Crippen LogP contribution in [0.2, 0.25) is 0 Å². The van der Waals surface area contributed by atoms with E-state index in [2.05, 4.69) is 21.2 Å². The van der Waals surface area contributed by atoms with E-state index in [1.165, 1.54) is 0 Å². The Hall–Kier alpha value is -1.23. The lowest BCUT2D eigenvalue weighted by molar-refractivity contribution is 0.171. The second kappa shape index (κ2) is 4.74. The first-order valence-corrected chi connectivity index (χ1v) is 5.78. The molecule has 1 amide bonds. The van der Waals surface area contributed by atoms with Crippen molar-refractivity contribution < 1.29 is 14.3 Å². The number of fused-ring (bicyclic) bond motifs is 1. The summed E-state index contributed by atoms with van der Waals surface area (Å²) < 4.78 is 10.9. The Morgan fingerprint density at radius 3 is 2.62 bits per heavy atom. The zero-order valence-corrected chi connectivity index (χ0v) is 10.5. The van der Waals surface area contributed by atoms with Crippen LogP contribution in [0, 0.1) is 6.92 Å². The number of carbonyl (C=O) groups excluding carboxylic acids is 1. The van der Waals surface area contributed by atoms with Crippen LogP contribution >= 0.6 is 15.9 Å². The van der Waals surface area contributed by atoms with Gasteiger partial charge in [-0.3, -0.25) is 4.79 Å². The van der Waals surface area contributed by atoms with Crippen molar-refractivity contribution in [3.8, 4) is 11.5 Å². The van der Waals surface area contributed by atoms with Crippen molar-refractivity contribution in [2.75, 3.05) is 13.2 Å². The molecule has 5 heteroatoms. The zero-order chi connectivity index (χ0) is 11.5. The molecule has 4 nitrogen and oxygen atoms in total. The van der Waals surface area contributed by atoms with Gasteiger partial charge >= 0.3 is 0 Å². The number of rotatable bonds is 2. The Morgan fingerprint density at radius 1 is 1.38 bits per heavy atom. The van der Waals surface area contributed by atoms with Crippen molar-refractivity contribution in [2.45, 2.75) is 13.5 Å². The van der Waals surface area contributed by atoms with Gasteiger partial charge in [0.2, 0.25) is 0 Å². The van der Waals surface area contributed by atoms with Crippen molar-refractivity contribution in [3.05, 3.63) is 23.3 Å². The van der Waals surface area contributed by atoms with Gasteiger partial charge in [0.15, 0.2) is 11.5 Å². The summed E-state index contributed by atoms with van der Waals surface area (Å²) in [4.78, 5) is 10.5. The third-order valence-corrected chi connectivity index (χ3v) is 2.70. The average Bonchev–Trinajstić information content (AvgIpc) is 2.26. The number of hydrogen-bond acceptors (Lipinski definition) is 3. The first-order chi connectivity index (χ1) is 7.66. The normalized spacial score (nSPS) is 13.4. The largest absolute Gasteiger partial charge is 0.486 e. The minimum absolute atomic E-state index is 0.221. The molecule has 1 aromatic rings. The lowest BCUT2D eigenvalue weighted by Gasteiger charge is -2.20. The summed E-state index contributed by atoms with van der Waals surface area (Å²) in [7, 11) is 0. The SMILES string of the molecule is Cc1cc2c(cc1CNC(=O)Br)OCCO2. The molecule has 1 aliphatic heterocycles. The Morgan fingerprint density at radius 2 is 2.00 bits per heavy atom. The minimum Gasteiger partial charge on any atom is -0.486 e. The van der Waals surface area contributed by atoms with Crippen molar-refractivity contribution in [2.24, 2.45) is 0 Å². The van der Waals surface area contributed by atoms with Crippen LogP contribution in [0.1, 0.15) is 11.1 Å². The number of ether oxygens (including phenoxy) is 2. The molecule has 0 saturated carbocycles. The summed E-state index contributed by atoms with van der Waals surface area (Å²) in [5.41, 5.74) is 2.10. The van der Waals surface area contributed by atoms with E-state index in [1.54, 1.807) is 0 Å². The summed E-state index contributed by atoms with van der Waals surface area (Å²) >= 11 is 2.83. The quantitative estimate of drug-likeness (QED) is 0.670. The van der Waals surface area contributed by atoms with Gasteiger partial charge in [0.1, 0.15) is 13.2 Å². The second-order valence-electron chi connectivity index (χ2n) is 3.55. The van der Waals surface area contributed by atoms with Crippen LogP contribution < -0.4 is 14.8 Å². The number of carbonyl (C=O) groups is 1. The fraction of sp³-hybridized carbons (Fsp3) is 0.364. The molecule has 0 spiro atoms. The summed E-state index contributed by atoms with van der Waals surface area (Å²) in [6, 6.07) is 3.84. The third-order valence-electron chi connectivity index (χ3n) is 2.42. The van der Waals surface area contributed by atoms with E-state index in [0.29, 0.717) is 19.8 Å². The monoisotopic (exact) mass is 285 g/mol. The van der Waals surface area contributed by atoms with Crippen LogP contribution in [0.15, 0.2) is 12.1 Å². The summed E-state index contributed by atoms with van der Waals surface area (Å²) in [5.74, 6) is 1.52. The number of hydrogen-bond donors (Lipinski definition) is 1. The molecule has 0 atom stereocenters. The van der Waals surface area contributed by atoms with Gasteiger partial charge in [0, 0.05) is 22.5 Å². The van der Waals surface area contributed by atoms with E-state index in [-0.39, 0.29) is 4.82 Å². The predicted molar refractivity (Wildman–Crippen MR) is 63.3 cm³/mol.